The lowest BCUT2D eigenvalue weighted by molar-refractivity contribution is -0.0847. The van der Waals surface area contributed by atoms with Gasteiger partial charge in [0.15, 0.2) is 0 Å². The molecule has 2 aliphatic rings. The molecule has 112 valence electrons. The smallest absolute Gasteiger partial charge is 0.243 e. The molecule has 1 unspecified atom stereocenters. The van der Waals surface area contributed by atoms with Crippen LogP contribution in [0.5, 0.6) is 0 Å². The van der Waals surface area contributed by atoms with Gasteiger partial charge in [-0.1, -0.05) is 12.1 Å². The van der Waals surface area contributed by atoms with E-state index in [-0.39, 0.29) is 11.6 Å². The second kappa shape index (κ2) is 5.45. The Morgan fingerprint density at radius 2 is 2.05 bits per heavy atom. The van der Waals surface area contributed by atoms with Gasteiger partial charge in [0.2, 0.25) is 11.7 Å². The molecule has 0 amide bonds. The molecule has 3 rings (SSSR count). The Morgan fingerprint density at radius 3 is 2.65 bits per heavy atom. The lowest BCUT2D eigenvalue weighted by Crippen LogP contribution is -2.35. The number of hydrogen-bond acceptors (Lipinski definition) is 5. The van der Waals surface area contributed by atoms with E-state index in [9.17, 15) is 0 Å². The van der Waals surface area contributed by atoms with Gasteiger partial charge in [-0.05, 0) is 57.3 Å². The molecule has 0 aromatic carbocycles. The van der Waals surface area contributed by atoms with Crippen LogP contribution in [0.1, 0.15) is 70.1 Å². The molecule has 0 spiro atoms. The van der Waals surface area contributed by atoms with Crippen LogP contribution in [0, 0.1) is 11.8 Å². The highest BCUT2D eigenvalue weighted by atomic mass is 16.5. The lowest BCUT2D eigenvalue weighted by Gasteiger charge is -2.36. The molecular formula is C15H25N3O2. The predicted octanol–water partition coefficient (Wildman–Crippen LogP) is 2.92. The van der Waals surface area contributed by atoms with Crippen molar-refractivity contribution in [2.45, 2.75) is 64.0 Å². The zero-order valence-corrected chi connectivity index (χ0v) is 12.5. The van der Waals surface area contributed by atoms with Crippen molar-refractivity contribution in [1.29, 1.82) is 0 Å². The van der Waals surface area contributed by atoms with E-state index in [0.29, 0.717) is 24.2 Å². The summed E-state index contributed by atoms with van der Waals surface area (Å²) in [5.41, 5.74) is 5.79. The molecule has 1 heterocycles. The van der Waals surface area contributed by atoms with Crippen LogP contribution in [0.25, 0.3) is 0 Å². The van der Waals surface area contributed by atoms with E-state index in [0.717, 1.165) is 31.6 Å². The second-order valence-electron chi connectivity index (χ2n) is 6.43. The van der Waals surface area contributed by atoms with Crippen LogP contribution in [-0.2, 0) is 10.3 Å². The monoisotopic (exact) mass is 279 g/mol. The molecule has 2 aliphatic carbocycles. The minimum absolute atomic E-state index is 0.0996. The number of nitrogens with zero attached hydrogens (tertiary/aromatic N) is 2. The van der Waals surface area contributed by atoms with Crippen molar-refractivity contribution in [3.63, 3.8) is 0 Å². The number of rotatable bonds is 5. The third-order valence-electron chi connectivity index (χ3n) is 4.77. The maximum Gasteiger partial charge on any atom is 0.243 e. The highest BCUT2D eigenvalue weighted by Gasteiger charge is 2.42. The minimum atomic E-state index is -0.355. The summed E-state index contributed by atoms with van der Waals surface area (Å²) in [6.45, 7) is 4.99. The van der Waals surface area contributed by atoms with E-state index >= 15 is 0 Å². The van der Waals surface area contributed by atoms with Crippen LogP contribution in [0.3, 0.4) is 0 Å². The van der Waals surface area contributed by atoms with Gasteiger partial charge in [0.1, 0.15) is 5.60 Å². The van der Waals surface area contributed by atoms with Crippen LogP contribution in [0.4, 0.5) is 0 Å². The summed E-state index contributed by atoms with van der Waals surface area (Å²) in [7, 11) is 0. The third-order valence-corrected chi connectivity index (χ3v) is 4.77. The van der Waals surface area contributed by atoms with Gasteiger partial charge in [-0.2, -0.15) is 4.98 Å². The molecule has 5 heteroatoms. The van der Waals surface area contributed by atoms with Gasteiger partial charge in [-0.25, -0.2) is 0 Å². The number of hydrogen-bond donors (Lipinski definition) is 1. The highest BCUT2D eigenvalue weighted by molar-refractivity contribution is 5.07. The summed E-state index contributed by atoms with van der Waals surface area (Å²) in [5, 5.41) is 4.20. The molecule has 2 fully saturated rings. The Balaban J connectivity index is 1.80. The van der Waals surface area contributed by atoms with Crippen LogP contribution in [-0.4, -0.2) is 16.7 Å². The Morgan fingerprint density at radius 1 is 1.35 bits per heavy atom. The molecule has 1 atom stereocenters. The first-order valence-corrected chi connectivity index (χ1v) is 7.88. The van der Waals surface area contributed by atoms with Crippen molar-refractivity contribution in [2.75, 3.05) is 6.61 Å². The summed E-state index contributed by atoms with van der Waals surface area (Å²) in [4.78, 5) is 4.58. The fourth-order valence-corrected chi connectivity index (χ4v) is 3.15. The molecule has 1 aromatic heterocycles. The predicted molar refractivity (Wildman–Crippen MR) is 74.9 cm³/mol. The summed E-state index contributed by atoms with van der Waals surface area (Å²) >= 11 is 0. The molecule has 20 heavy (non-hydrogen) atoms. The first-order valence-electron chi connectivity index (χ1n) is 7.88. The topological polar surface area (TPSA) is 74.2 Å². The largest absolute Gasteiger partial charge is 0.367 e. The molecular weight excluding hydrogens is 254 g/mol. The van der Waals surface area contributed by atoms with Crippen LogP contribution in [0.2, 0.25) is 0 Å². The van der Waals surface area contributed by atoms with Crippen LogP contribution in [0.15, 0.2) is 4.52 Å². The maximum atomic E-state index is 6.15. The van der Waals surface area contributed by atoms with Crippen molar-refractivity contribution in [3.05, 3.63) is 11.7 Å². The van der Waals surface area contributed by atoms with Crippen molar-refractivity contribution in [2.24, 2.45) is 17.6 Å². The van der Waals surface area contributed by atoms with Crippen molar-refractivity contribution in [3.8, 4) is 0 Å². The highest BCUT2D eigenvalue weighted by Crippen LogP contribution is 2.43. The van der Waals surface area contributed by atoms with Crippen LogP contribution < -0.4 is 5.73 Å². The molecule has 0 bridgehead atoms. The Labute approximate surface area is 120 Å². The van der Waals surface area contributed by atoms with Crippen molar-refractivity contribution in [1.82, 2.24) is 10.1 Å². The molecule has 0 aliphatic heterocycles. The zero-order valence-electron chi connectivity index (χ0n) is 12.5. The van der Waals surface area contributed by atoms with Crippen LogP contribution >= 0.6 is 0 Å². The first-order chi connectivity index (χ1) is 9.64. The molecule has 5 nitrogen and oxygen atoms in total. The number of ether oxygens (including phenoxy) is 1. The first kappa shape index (κ1) is 14.0. The third kappa shape index (κ3) is 2.61. The van der Waals surface area contributed by atoms with E-state index in [2.05, 4.69) is 17.1 Å². The van der Waals surface area contributed by atoms with Gasteiger partial charge in [-0.3, -0.25) is 0 Å². The van der Waals surface area contributed by atoms with Gasteiger partial charge >= 0.3 is 0 Å². The summed E-state index contributed by atoms with van der Waals surface area (Å²) in [5.74, 6) is 2.57. The second-order valence-corrected chi connectivity index (χ2v) is 6.43. The fraction of sp³-hybridized carbons (Fsp3) is 0.867. The Bertz CT molecular complexity index is 448. The zero-order chi connectivity index (χ0) is 14.2. The summed E-state index contributed by atoms with van der Waals surface area (Å²) < 4.78 is 11.5. The lowest BCUT2D eigenvalue weighted by atomic mass is 9.79. The van der Waals surface area contributed by atoms with E-state index in [1.165, 1.54) is 12.8 Å². The molecule has 0 radical (unpaired) electrons. The van der Waals surface area contributed by atoms with Gasteiger partial charge < -0.3 is 15.0 Å². The van der Waals surface area contributed by atoms with Crippen molar-refractivity contribution < 1.29 is 9.26 Å². The fourth-order valence-electron chi connectivity index (χ4n) is 3.15. The average molecular weight is 279 g/mol. The van der Waals surface area contributed by atoms with E-state index in [1.807, 2.05) is 6.92 Å². The summed E-state index contributed by atoms with van der Waals surface area (Å²) in [6.07, 6.45) is 6.59. The maximum absolute atomic E-state index is 6.15. The van der Waals surface area contributed by atoms with E-state index < -0.39 is 0 Å². The minimum Gasteiger partial charge on any atom is -0.367 e. The standard InChI is InChI=1S/C15H25N3O2/c1-3-19-15(8-6-10(2)7-9-15)14-17-13(20-18-14)12(16)11-4-5-11/h10-12H,3-9,16H2,1-2H3. The SMILES string of the molecule is CCOC1(c2noc(C(N)C3CC3)n2)CCC(C)CC1. The molecule has 1 aromatic rings. The van der Waals surface area contributed by atoms with Gasteiger partial charge in [-0.15, -0.1) is 0 Å². The van der Waals surface area contributed by atoms with Crippen molar-refractivity contribution >= 4 is 0 Å². The number of aromatic nitrogens is 2. The quantitative estimate of drug-likeness (QED) is 0.897. The van der Waals surface area contributed by atoms with Gasteiger partial charge in [0, 0.05) is 6.61 Å². The normalized spacial score (nSPS) is 32.2. The molecule has 2 saturated carbocycles. The van der Waals surface area contributed by atoms with Gasteiger partial charge in [0.25, 0.3) is 0 Å². The molecule has 2 N–H and O–H groups in total. The number of nitrogens with two attached hydrogens (primary N) is 1. The average Bonchev–Trinajstić information content (AvgIpc) is 3.18. The Kier molecular flexibility index (Phi) is 3.82. The molecule has 0 saturated heterocycles. The van der Waals surface area contributed by atoms with E-state index in [4.69, 9.17) is 15.0 Å². The van der Waals surface area contributed by atoms with Gasteiger partial charge in [0.05, 0.1) is 6.04 Å². The summed E-state index contributed by atoms with van der Waals surface area (Å²) in [6, 6.07) is -0.0996. The Hall–Kier alpha value is -0.940. The van der Waals surface area contributed by atoms with E-state index in [1.54, 1.807) is 0 Å².